The van der Waals surface area contributed by atoms with Crippen LogP contribution in [-0.4, -0.2) is 23.0 Å². The van der Waals surface area contributed by atoms with Crippen LogP contribution in [0.2, 0.25) is 0 Å². The molecule has 2 heterocycles. The van der Waals surface area contributed by atoms with Gasteiger partial charge in [0, 0.05) is 18.2 Å². The van der Waals surface area contributed by atoms with Gasteiger partial charge >= 0.3 is 0 Å². The number of aryl methyl sites for hydroxylation is 1. The molecule has 29 heavy (non-hydrogen) atoms. The van der Waals surface area contributed by atoms with Crippen molar-refractivity contribution in [3.05, 3.63) is 53.6 Å². The van der Waals surface area contributed by atoms with Gasteiger partial charge < -0.3 is 4.57 Å². The second-order valence-corrected chi connectivity index (χ2v) is 9.60. The van der Waals surface area contributed by atoms with Gasteiger partial charge in [0.2, 0.25) is 10.0 Å². The molecule has 1 fully saturated rings. The molecule has 1 N–H and O–H groups in total. The van der Waals surface area contributed by atoms with Gasteiger partial charge in [-0.1, -0.05) is 0 Å². The molecule has 1 aliphatic carbocycles. The molecular weight excluding hydrogens is 386 g/mol. The van der Waals surface area contributed by atoms with E-state index in [1.165, 1.54) is 37.1 Å². The summed E-state index contributed by atoms with van der Waals surface area (Å²) in [6.45, 7) is 6.29. The van der Waals surface area contributed by atoms with Crippen molar-refractivity contribution in [2.45, 2.75) is 56.5 Å². The lowest BCUT2D eigenvalue weighted by Crippen LogP contribution is -2.42. The van der Waals surface area contributed by atoms with Crippen LogP contribution < -0.4 is 4.72 Å². The zero-order chi connectivity index (χ0) is 20.8. The molecule has 150 valence electrons. The number of nitriles is 1. The Balaban J connectivity index is 1.72. The number of imidazole rings is 1. The van der Waals surface area contributed by atoms with Gasteiger partial charge in [-0.15, -0.1) is 0 Å². The monoisotopic (exact) mass is 409 g/mol. The van der Waals surface area contributed by atoms with E-state index in [0.717, 1.165) is 16.7 Å². The van der Waals surface area contributed by atoms with Crippen LogP contribution in [0.1, 0.15) is 56.6 Å². The largest absolute Gasteiger partial charge is 0.327 e. The van der Waals surface area contributed by atoms with Crippen molar-refractivity contribution >= 4 is 21.1 Å². The molecule has 8 heteroatoms. The lowest BCUT2D eigenvalue weighted by molar-refractivity contribution is 0.429. The van der Waals surface area contributed by atoms with E-state index in [-0.39, 0.29) is 4.90 Å². The molecule has 1 aromatic carbocycles. The van der Waals surface area contributed by atoms with E-state index in [1.807, 2.05) is 17.6 Å². The summed E-state index contributed by atoms with van der Waals surface area (Å²) in [4.78, 5) is 9.36. The quantitative estimate of drug-likeness (QED) is 0.672. The molecule has 2 aromatic heterocycles. The fraction of sp³-hybridized carbons (Fsp3) is 0.381. The molecule has 0 atom stereocenters. The summed E-state index contributed by atoms with van der Waals surface area (Å²) in [6.07, 6.45) is 4.12. The van der Waals surface area contributed by atoms with Crippen molar-refractivity contribution in [2.24, 2.45) is 0 Å². The first-order chi connectivity index (χ1) is 13.7. The molecule has 4 rings (SSSR count). The van der Waals surface area contributed by atoms with Crippen molar-refractivity contribution in [3.8, 4) is 6.07 Å². The maximum Gasteiger partial charge on any atom is 0.241 e. The SMILES string of the molecule is CCn1c(C(C)(C)NS(=O)(=O)c2ccc(C#N)cc2)nc2cnc(C3CC3)cc21. The summed E-state index contributed by atoms with van der Waals surface area (Å²) in [5.74, 6) is 1.17. The van der Waals surface area contributed by atoms with Crippen LogP contribution in [0.25, 0.3) is 11.0 Å². The molecule has 0 bridgehead atoms. The van der Waals surface area contributed by atoms with Crippen molar-refractivity contribution in [1.82, 2.24) is 19.3 Å². The minimum atomic E-state index is -3.79. The molecule has 0 saturated heterocycles. The number of pyridine rings is 1. The summed E-state index contributed by atoms with van der Waals surface area (Å²) in [5.41, 5.74) is 2.29. The molecule has 7 nitrogen and oxygen atoms in total. The predicted molar refractivity (Wildman–Crippen MR) is 110 cm³/mol. The molecule has 0 spiro atoms. The Kier molecular flexibility index (Phi) is 4.68. The maximum atomic E-state index is 12.9. The molecule has 0 aliphatic heterocycles. The van der Waals surface area contributed by atoms with Crippen LogP contribution in [0.5, 0.6) is 0 Å². The fourth-order valence-electron chi connectivity index (χ4n) is 3.59. The molecule has 0 amide bonds. The Morgan fingerprint density at radius 1 is 1.28 bits per heavy atom. The van der Waals surface area contributed by atoms with E-state index in [0.29, 0.717) is 23.9 Å². The Labute approximate surface area is 170 Å². The highest BCUT2D eigenvalue weighted by atomic mass is 32.2. The number of sulfonamides is 1. The fourth-order valence-corrected chi connectivity index (χ4v) is 4.97. The topological polar surface area (TPSA) is 101 Å². The van der Waals surface area contributed by atoms with Gasteiger partial charge in [-0.25, -0.2) is 13.4 Å². The summed E-state index contributed by atoms with van der Waals surface area (Å²) < 4.78 is 30.7. The lowest BCUT2D eigenvalue weighted by atomic mass is 10.1. The Hall–Kier alpha value is -2.76. The van der Waals surface area contributed by atoms with Crippen LogP contribution >= 0.6 is 0 Å². The Morgan fingerprint density at radius 2 is 1.97 bits per heavy atom. The first-order valence-electron chi connectivity index (χ1n) is 9.66. The van der Waals surface area contributed by atoms with Crippen LogP contribution in [-0.2, 0) is 22.1 Å². The number of benzene rings is 1. The predicted octanol–water partition coefficient (Wildman–Crippen LogP) is 3.41. The van der Waals surface area contributed by atoms with Gasteiger partial charge in [0.05, 0.1) is 33.8 Å². The van der Waals surface area contributed by atoms with E-state index in [2.05, 4.69) is 15.8 Å². The van der Waals surface area contributed by atoms with Gasteiger partial charge in [0.15, 0.2) is 0 Å². The first kappa shape index (κ1) is 19.6. The Bertz CT molecular complexity index is 1220. The molecule has 3 aromatic rings. The van der Waals surface area contributed by atoms with E-state index in [1.54, 1.807) is 20.0 Å². The minimum Gasteiger partial charge on any atom is -0.327 e. The third-order valence-corrected chi connectivity index (χ3v) is 6.88. The number of nitrogens with one attached hydrogen (secondary N) is 1. The van der Waals surface area contributed by atoms with Crippen LogP contribution in [0.4, 0.5) is 0 Å². The van der Waals surface area contributed by atoms with Gasteiger partial charge in [0.1, 0.15) is 11.3 Å². The van der Waals surface area contributed by atoms with Crippen LogP contribution in [0.3, 0.4) is 0 Å². The van der Waals surface area contributed by atoms with E-state index >= 15 is 0 Å². The number of hydrogen-bond donors (Lipinski definition) is 1. The highest BCUT2D eigenvalue weighted by Crippen LogP contribution is 2.40. The number of fused-ring (bicyclic) bond motifs is 1. The standard InChI is InChI=1S/C21H23N5O2S/c1-4-26-19-11-17(15-7-8-15)23-13-18(19)24-20(26)21(2,3)25-29(27,28)16-9-5-14(12-22)6-10-16/h5-6,9-11,13,15,25H,4,7-8H2,1-3H3. The number of aromatic nitrogens is 3. The Morgan fingerprint density at radius 3 is 2.55 bits per heavy atom. The van der Waals surface area contributed by atoms with Crippen molar-refractivity contribution < 1.29 is 8.42 Å². The minimum absolute atomic E-state index is 0.112. The van der Waals surface area contributed by atoms with Gasteiger partial charge in [-0.2, -0.15) is 9.98 Å². The molecule has 0 unspecified atom stereocenters. The molecule has 1 aliphatic rings. The summed E-state index contributed by atoms with van der Waals surface area (Å²) in [7, 11) is -3.79. The van der Waals surface area contributed by atoms with Crippen LogP contribution in [0.15, 0.2) is 41.4 Å². The number of hydrogen-bond acceptors (Lipinski definition) is 5. The third-order valence-electron chi connectivity index (χ3n) is 5.21. The second kappa shape index (κ2) is 6.94. The van der Waals surface area contributed by atoms with Crippen molar-refractivity contribution in [1.29, 1.82) is 5.26 Å². The van der Waals surface area contributed by atoms with Gasteiger partial charge in [0.25, 0.3) is 0 Å². The zero-order valence-electron chi connectivity index (χ0n) is 16.7. The second-order valence-electron chi connectivity index (χ2n) is 7.92. The average molecular weight is 410 g/mol. The third kappa shape index (κ3) is 3.63. The van der Waals surface area contributed by atoms with Crippen LogP contribution in [0, 0.1) is 11.3 Å². The highest BCUT2D eigenvalue weighted by molar-refractivity contribution is 7.89. The lowest BCUT2D eigenvalue weighted by Gasteiger charge is -2.26. The maximum absolute atomic E-state index is 12.9. The summed E-state index contributed by atoms with van der Waals surface area (Å²) in [5, 5.41) is 8.92. The zero-order valence-corrected chi connectivity index (χ0v) is 17.5. The van der Waals surface area contributed by atoms with Crippen molar-refractivity contribution in [2.75, 3.05) is 0 Å². The average Bonchev–Trinajstić information content (AvgIpc) is 3.47. The number of rotatable bonds is 6. The molecular formula is C21H23N5O2S. The highest BCUT2D eigenvalue weighted by Gasteiger charge is 2.33. The van der Waals surface area contributed by atoms with E-state index in [9.17, 15) is 8.42 Å². The van der Waals surface area contributed by atoms with Gasteiger partial charge in [-0.05, 0) is 63.9 Å². The van der Waals surface area contributed by atoms with E-state index < -0.39 is 15.6 Å². The molecule has 1 saturated carbocycles. The normalized spacial score (nSPS) is 14.8. The first-order valence-corrected chi connectivity index (χ1v) is 11.1. The smallest absolute Gasteiger partial charge is 0.241 e. The summed E-state index contributed by atoms with van der Waals surface area (Å²) in [6, 6.07) is 9.93. The van der Waals surface area contributed by atoms with Gasteiger partial charge in [-0.3, -0.25) is 4.98 Å². The summed E-state index contributed by atoms with van der Waals surface area (Å²) >= 11 is 0. The van der Waals surface area contributed by atoms with Crippen molar-refractivity contribution in [3.63, 3.8) is 0 Å². The molecule has 0 radical (unpaired) electrons. The number of nitrogens with zero attached hydrogens (tertiary/aromatic N) is 4. The van der Waals surface area contributed by atoms with E-state index in [4.69, 9.17) is 10.2 Å².